The molecule has 0 aliphatic rings. The van der Waals surface area contributed by atoms with E-state index in [1.165, 1.54) is 31.4 Å². The summed E-state index contributed by atoms with van der Waals surface area (Å²) in [5, 5.41) is 14.1. The summed E-state index contributed by atoms with van der Waals surface area (Å²) in [5.74, 6) is 0.0928. The van der Waals surface area contributed by atoms with Crippen molar-refractivity contribution < 1.29 is 19.2 Å². The number of carbonyl (C=O) groups excluding carboxylic acids is 1. The molecule has 2 aromatic carbocycles. The number of nitrogens with one attached hydrogen (secondary N) is 1. The number of benzene rings is 2. The van der Waals surface area contributed by atoms with Gasteiger partial charge in [0.15, 0.2) is 6.10 Å². The highest BCUT2D eigenvalue weighted by molar-refractivity contribution is 6.42. The zero-order valence-electron chi connectivity index (χ0n) is 13.3. The number of carbonyl (C=O) groups is 1. The Morgan fingerprint density at radius 3 is 2.52 bits per heavy atom. The van der Waals surface area contributed by atoms with Crippen molar-refractivity contribution >= 4 is 40.5 Å². The molecule has 9 heteroatoms. The van der Waals surface area contributed by atoms with Crippen LogP contribution in [0.5, 0.6) is 11.5 Å². The van der Waals surface area contributed by atoms with Gasteiger partial charge in [-0.2, -0.15) is 0 Å². The third-order valence-corrected chi connectivity index (χ3v) is 3.97. The Labute approximate surface area is 153 Å². The van der Waals surface area contributed by atoms with E-state index in [1.54, 1.807) is 19.1 Å². The van der Waals surface area contributed by atoms with Gasteiger partial charge in [-0.05, 0) is 25.1 Å². The van der Waals surface area contributed by atoms with Crippen molar-refractivity contribution in [3.63, 3.8) is 0 Å². The van der Waals surface area contributed by atoms with E-state index in [4.69, 9.17) is 32.7 Å². The molecule has 0 aliphatic carbocycles. The largest absolute Gasteiger partial charge is 0.494 e. The number of amides is 1. The summed E-state index contributed by atoms with van der Waals surface area (Å²) < 4.78 is 10.6. The smallest absolute Gasteiger partial charge is 0.273 e. The number of rotatable bonds is 6. The van der Waals surface area contributed by atoms with E-state index < -0.39 is 16.9 Å². The Bertz CT molecular complexity index is 813. The van der Waals surface area contributed by atoms with Gasteiger partial charge in [-0.25, -0.2) is 0 Å². The molecule has 132 valence electrons. The Morgan fingerprint density at radius 1 is 1.20 bits per heavy atom. The van der Waals surface area contributed by atoms with Crippen LogP contribution in [0.3, 0.4) is 0 Å². The van der Waals surface area contributed by atoms with E-state index in [0.717, 1.165) is 0 Å². The number of anilines is 1. The first-order chi connectivity index (χ1) is 11.8. The number of hydrogen-bond acceptors (Lipinski definition) is 5. The minimum Gasteiger partial charge on any atom is -0.494 e. The molecule has 2 aromatic rings. The lowest BCUT2D eigenvalue weighted by molar-refractivity contribution is -0.384. The predicted octanol–water partition coefficient (Wildman–Crippen LogP) is 4.32. The van der Waals surface area contributed by atoms with Crippen LogP contribution >= 0.6 is 23.2 Å². The molecule has 1 atom stereocenters. The lowest BCUT2D eigenvalue weighted by Crippen LogP contribution is -2.30. The van der Waals surface area contributed by atoms with Gasteiger partial charge in [-0.3, -0.25) is 14.9 Å². The number of nitrogens with zero attached hydrogens (tertiary/aromatic N) is 1. The van der Waals surface area contributed by atoms with Crippen LogP contribution < -0.4 is 14.8 Å². The fourth-order valence-electron chi connectivity index (χ4n) is 1.94. The summed E-state index contributed by atoms with van der Waals surface area (Å²) in [5.41, 5.74) is 0.151. The number of ether oxygens (including phenoxy) is 2. The first-order valence-corrected chi connectivity index (χ1v) is 7.82. The summed E-state index contributed by atoms with van der Waals surface area (Å²) in [6.45, 7) is 1.55. The number of halogens is 2. The Hall–Kier alpha value is -2.51. The lowest BCUT2D eigenvalue weighted by Gasteiger charge is -2.16. The monoisotopic (exact) mass is 384 g/mol. The Kier molecular flexibility index (Phi) is 6.06. The average molecular weight is 385 g/mol. The average Bonchev–Trinajstić information content (AvgIpc) is 2.58. The minimum absolute atomic E-state index is 0.144. The van der Waals surface area contributed by atoms with Crippen molar-refractivity contribution in [2.75, 3.05) is 12.4 Å². The maximum absolute atomic E-state index is 12.3. The fraction of sp³-hybridized carbons (Fsp3) is 0.188. The molecule has 1 amide bonds. The van der Waals surface area contributed by atoms with Crippen LogP contribution in [0.4, 0.5) is 11.4 Å². The molecule has 0 unspecified atom stereocenters. The second-order valence-corrected chi connectivity index (χ2v) is 5.78. The third kappa shape index (κ3) is 4.74. The molecule has 0 bridgehead atoms. The Balaban J connectivity index is 2.10. The second-order valence-electron chi connectivity index (χ2n) is 4.97. The van der Waals surface area contributed by atoms with Gasteiger partial charge in [-0.1, -0.05) is 23.2 Å². The van der Waals surface area contributed by atoms with Crippen molar-refractivity contribution in [3.8, 4) is 11.5 Å². The highest BCUT2D eigenvalue weighted by Crippen LogP contribution is 2.30. The van der Waals surface area contributed by atoms with Crippen molar-refractivity contribution in [1.82, 2.24) is 0 Å². The Morgan fingerprint density at radius 2 is 1.92 bits per heavy atom. The normalized spacial score (nSPS) is 11.5. The zero-order valence-corrected chi connectivity index (χ0v) is 14.8. The van der Waals surface area contributed by atoms with E-state index in [9.17, 15) is 14.9 Å². The second kappa shape index (κ2) is 8.04. The van der Waals surface area contributed by atoms with Gasteiger partial charge in [0.2, 0.25) is 0 Å². The first kappa shape index (κ1) is 18.8. The van der Waals surface area contributed by atoms with Crippen LogP contribution in [-0.4, -0.2) is 24.0 Å². The number of methoxy groups -OCH3 is 1. The molecular weight excluding hydrogens is 371 g/mol. The molecule has 0 fully saturated rings. The minimum atomic E-state index is -0.850. The van der Waals surface area contributed by atoms with Gasteiger partial charge in [0.05, 0.1) is 33.8 Å². The molecule has 0 heterocycles. The van der Waals surface area contributed by atoms with E-state index in [0.29, 0.717) is 21.5 Å². The zero-order chi connectivity index (χ0) is 18.6. The first-order valence-electron chi connectivity index (χ1n) is 7.07. The van der Waals surface area contributed by atoms with Gasteiger partial charge in [-0.15, -0.1) is 0 Å². The number of nitro benzene ring substituents is 1. The molecule has 1 N–H and O–H groups in total. The van der Waals surface area contributed by atoms with Gasteiger partial charge < -0.3 is 14.8 Å². The molecular formula is C16H14Cl2N2O5. The highest BCUT2D eigenvalue weighted by atomic mass is 35.5. The van der Waals surface area contributed by atoms with Crippen molar-refractivity contribution in [1.29, 1.82) is 0 Å². The van der Waals surface area contributed by atoms with E-state index in [-0.39, 0.29) is 11.4 Å². The number of hydrogen-bond donors (Lipinski definition) is 1. The quantitative estimate of drug-likeness (QED) is 0.591. The molecule has 2 rings (SSSR count). The van der Waals surface area contributed by atoms with Crippen LogP contribution in [0, 0.1) is 10.1 Å². The van der Waals surface area contributed by atoms with Crippen LogP contribution in [0.2, 0.25) is 10.0 Å². The van der Waals surface area contributed by atoms with Crippen molar-refractivity contribution in [2.24, 2.45) is 0 Å². The van der Waals surface area contributed by atoms with E-state index in [2.05, 4.69) is 5.32 Å². The van der Waals surface area contributed by atoms with Crippen molar-refractivity contribution in [2.45, 2.75) is 13.0 Å². The molecule has 0 saturated carbocycles. The van der Waals surface area contributed by atoms with Gasteiger partial charge in [0.25, 0.3) is 11.6 Å². The summed E-state index contributed by atoms with van der Waals surface area (Å²) in [4.78, 5) is 22.5. The third-order valence-electron chi connectivity index (χ3n) is 3.23. The van der Waals surface area contributed by atoms with Crippen LogP contribution in [0.1, 0.15) is 6.92 Å². The molecule has 0 radical (unpaired) electrons. The highest BCUT2D eigenvalue weighted by Gasteiger charge is 2.19. The molecule has 0 spiro atoms. The summed E-state index contributed by atoms with van der Waals surface area (Å²) in [6.07, 6.45) is -0.850. The number of non-ortho nitro benzene ring substituents is 1. The van der Waals surface area contributed by atoms with Gasteiger partial charge in [0, 0.05) is 12.1 Å². The summed E-state index contributed by atoms with van der Waals surface area (Å²) in [6, 6.07) is 8.53. The molecule has 25 heavy (non-hydrogen) atoms. The van der Waals surface area contributed by atoms with Crippen LogP contribution in [0.15, 0.2) is 36.4 Å². The molecule has 0 saturated heterocycles. The predicted molar refractivity (Wildman–Crippen MR) is 94.8 cm³/mol. The molecule has 7 nitrogen and oxygen atoms in total. The summed E-state index contributed by atoms with van der Waals surface area (Å²) in [7, 11) is 1.35. The molecule has 0 aliphatic heterocycles. The fourth-order valence-corrected chi connectivity index (χ4v) is 2.23. The van der Waals surface area contributed by atoms with E-state index >= 15 is 0 Å². The van der Waals surface area contributed by atoms with E-state index in [1.807, 2.05) is 0 Å². The van der Waals surface area contributed by atoms with Gasteiger partial charge in [0.1, 0.15) is 11.5 Å². The summed E-state index contributed by atoms with van der Waals surface area (Å²) >= 11 is 11.7. The van der Waals surface area contributed by atoms with Gasteiger partial charge >= 0.3 is 0 Å². The van der Waals surface area contributed by atoms with Crippen LogP contribution in [0.25, 0.3) is 0 Å². The standard InChI is InChI=1S/C16H14Cl2N2O5/c1-9(25-11-4-5-12(17)13(18)8-11)16(21)19-14-6-3-10(20(22)23)7-15(14)24-2/h3-9H,1-2H3,(H,19,21)/t9-/m1/s1. The molecule has 0 aromatic heterocycles. The van der Waals surface area contributed by atoms with Crippen molar-refractivity contribution in [3.05, 3.63) is 56.6 Å². The maximum atomic E-state index is 12.3. The van der Waals surface area contributed by atoms with Crippen LogP contribution in [-0.2, 0) is 4.79 Å². The number of nitro groups is 1. The maximum Gasteiger partial charge on any atom is 0.273 e. The SMILES string of the molecule is COc1cc([N+](=O)[O-])ccc1NC(=O)[C@@H](C)Oc1ccc(Cl)c(Cl)c1. The topological polar surface area (TPSA) is 90.7 Å². The lowest BCUT2D eigenvalue weighted by atomic mass is 10.2.